The Morgan fingerprint density at radius 2 is 1.56 bits per heavy atom. The molecule has 2 aliphatic rings. The molecule has 3 aromatic heterocycles. The lowest BCUT2D eigenvalue weighted by Crippen LogP contribution is -2.51. The minimum absolute atomic E-state index is 0.0266. The molecule has 15 heteroatoms. The minimum atomic E-state index is -4.80. The number of hydrogen-bond acceptors (Lipinski definition) is 8. The zero-order chi connectivity index (χ0) is 38.2. The zero-order valence-electron chi connectivity index (χ0n) is 29.8. The van der Waals surface area contributed by atoms with Crippen molar-refractivity contribution in [3.63, 3.8) is 0 Å². The summed E-state index contributed by atoms with van der Waals surface area (Å²) >= 11 is 0.859. The summed E-state index contributed by atoms with van der Waals surface area (Å²) in [5.74, 6) is -0.0266. The molecule has 0 saturated carbocycles. The van der Waals surface area contributed by atoms with Crippen molar-refractivity contribution >= 4 is 54.9 Å². The number of halogens is 3. The molecular formula is C40H39F3N6O4S2. The molecule has 3 aromatic carbocycles. The van der Waals surface area contributed by atoms with Crippen LogP contribution in [0, 0.1) is 0 Å². The number of carbonyl (C=O) groups is 1. The van der Waals surface area contributed by atoms with Crippen LogP contribution in [-0.4, -0.2) is 117 Å². The van der Waals surface area contributed by atoms with Gasteiger partial charge in [-0.3, -0.25) is 18.9 Å². The van der Waals surface area contributed by atoms with Gasteiger partial charge in [-0.2, -0.15) is 13.2 Å². The van der Waals surface area contributed by atoms with E-state index in [-0.39, 0.29) is 15.8 Å². The fourth-order valence-electron chi connectivity index (χ4n) is 7.38. The maximum absolute atomic E-state index is 13.9. The maximum atomic E-state index is 13.9. The molecule has 0 radical (unpaired) electrons. The summed E-state index contributed by atoms with van der Waals surface area (Å²) in [5, 5.41) is 2.66. The molecule has 0 atom stereocenters. The quantitative estimate of drug-likeness (QED) is 0.160. The molecule has 1 amide bonds. The molecule has 10 nitrogen and oxygen atoms in total. The highest BCUT2D eigenvalue weighted by Crippen LogP contribution is 2.42. The number of piperazine rings is 1. The molecule has 286 valence electrons. The number of pyridine rings is 1. The number of benzene rings is 3. The van der Waals surface area contributed by atoms with Gasteiger partial charge in [0, 0.05) is 91.5 Å². The van der Waals surface area contributed by atoms with E-state index in [9.17, 15) is 26.4 Å². The SMILES string of the molecule is O=C(c1ccc(-c2cnc3[nH]c4ccc(N(CC(F)(F)F)S(=O)(=O)c5cccs5)cc4c3c2-c2ccccc2)cc1)N1CCN(CCN2CCOCC2)CC1. The lowest BCUT2D eigenvalue weighted by atomic mass is 9.92. The number of H-pyrrole nitrogens is 1. The van der Waals surface area contributed by atoms with Crippen LogP contribution in [0.1, 0.15) is 10.4 Å². The van der Waals surface area contributed by atoms with Gasteiger partial charge in [0.2, 0.25) is 0 Å². The predicted octanol–water partition coefficient (Wildman–Crippen LogP) is 6.96. The number of morpholine rings is 1. The second kappa shape index (κ2) is 15.4. The van der Waals surface area contributed by atoms with Gasteiger partial charge in [0.1, 0.15) is 16.4 Å². The van der Waals surface area contributed by atoms with Crippen LogP contribution >= 0.6 is 11.3 Å². The van der Waals surface area contributed by atoms with Crippen LogP contribution in [-0.2, 0) is 14.8 Å². The van der Waals surface area contributed by atoms with Gasteiger partial charge in [-0.15, -0.1) is 11.3 Å². The normalized spacial score (nSPS) is 16.2. The summed E-state index contributed by atoms with van der Waals surface area (Å²) in [5.41, 5.74) is 4.68. The molecule has 5 heterocycles. The van der Waals surface area contributed by atoms with Crippen LogP contribution in [0.5, 0.6) is 0 Å². The lowest BCUT2D eigenvalue weighted by Gasteiger charge is -2.36. The van der Waals surface area contributed by atoms with Gasteiger partial charge in [0.15, 0.2) is 0 Å². The molecule has 55 heavy (non-hydrogen) atoms. The first-order valence-electron chi connectivity index (χ1n) is 18.1. The maximum Gasteiger partial charge on any atom is 0.407 e. The van der Waals surface area contributed by atoms with Crippen LogP contribution in [0.25, 0.3) is 44.2 Å². The highest BCUT2D eigenvalue weighted by Gasteiger charge is 2.38. The first kappa shape index (κ1) is 37.1. The van der Waals surface area contributed by atoms with Crippen molar-refractivity contribution in [2.24, 2.45) is 0 Å². The van der Waals surface area contributed by atoms with E-state index < -0.39 is 22.7 Å². The van der Waals surface area contributed by atoms with E-state index >= 15 is 0 Å². The third kappa shape index (κ3) is 7.85. The number of hydrogen-bond donors (Lipinski definition) is 1. The van der Waals surface area contributed by atoms with Crippen LogP contribution in [0.2, 0.25) is 0 Å². The highest BCUT2D eigenvalue weighted by atomic mass is 32.2. The summed E-state index contributed by atoms with van der Waals surface area (Å²) in [6.07, 6.45) is -3.06. The Bertz CT molecular complexity index is 2390. The number of thiophene rings is 1. The number of alkyl halides is 3. The van der Waals surface area contributed by atoms with E-state index in [2.05, 4.69) is 14.8 Å². The van der Waals surface area contributed by atoms with Gasteiger partial charge in [0.25, 0.3) is 15.9 Å². The number of anilines is 1. The van der Waals surface area contributed by atoms with Crippen LogP contribution in [0.3, 0.4) is 0 Å². The fraction of sp³-hybridized carbons (Fsp3) is 0.300. The van der Waals surface area contributed by atoms with Crippen molar-refractivity contribution in [1.29, 1.82) is 0 Å². The molecular weight excluding hydrogens is 750 g/mol. The average molecular weight is 789 g/mol. The zero-order valence-corrected chi connectivity index (χ0v) is 31.5. The second-order valence-corrected chi connectivity index (χ2v) is 16.8. The van der Waals surface area contributed by atoms with Gasteiger partial charge in [0.05, 0.1) is 18.9 Å². The van der Waals surface area contributed by atoms with Gasteiger partial charge < -0.3 is 14.6 Å². The Morgan fingerprint density at radius 1 is 0.855 bits per heavy atom. The van der Waals surface area contributed by atoms with Gasteiger partial charge in [-0.1, -0.05) is 48.5 Å². The molecule has 0 aliphatic carbocycles. The number of rotatable bonds is 10. The Kier molecular flexibility index (Phi) is 10.4. The number of aromatic nitrogens is 2. The van der Waals surface area contributed by atoms with Gasteiger partial charge in [-0.05, 0) is 52.9 Å². The lowest BCUT2D eigenvalue weighted by molar-refractivity contribution is -0.117. The predicted molar refractivity (Wildman–Crippen MR) is 209 cm³/mol. The third-order valence-corrected chi connectivity index (χ3v) is 13.4. The first-order valence-corrected chi connectivity index (χ1v) is 20.4. The van der Waals surface area contributed by atoms with E-state index in [0.717, 1.165) is 86.1 Å². The summed E-state index contributed by atoms with van der Waals surface area (Å²) in [6, 6.07) is 24.2. The number of fused-ring (bicyclic) bond motifs is 3. The van der Waals surface area contributed by atoms with Crippen molar-refractivity contribution in [3.05, 3.63) is 102 Å². The van der Waals surface area contributed by atoms with Crippen molar-refractivity contribution in [2.45, 2.75) is 10.4 Å². The molecule has 8 rings (SSSR count). The van der Waals surface area contributed by atoms with Crippen LogP contribution < -0.4 is 4.31 Å². The largest absolute Gasteiger partial charge is 0.407 e. The molecule has 0 unspecified atom stereocenters. The first-order chi connectivity index (χ1) is 26.5. The summed E-state index contributed by atoms with van der Waals surface area (Å²) in [6.45, 7) is 6.70. The minimum Gasteiger partial charge on any atom is -0.379 e. The van der Waals surface area contributed by atoms with Crippen LogP contribution in [0.4, 0.5) is 18.9 Å². The Hall–Kier alpha value is -4.80. The molecule has 2 saturated heterocycles. The van der Waals surface area contributed by atoms with Crippen molar-refractivity contribution < 1.29 is 31.1 Å². The number of ether oxygens (including phenoxy) is 1. The number of aromatic amines is 1. The topological polar surface area (TPSA) is 102 Å². The second-order valence-electron chi connectivity index (χ2n) is 13.7. The highest BCUT2D eigenvalue weighted by molar-refractivity contribution is 7.94. The standard InChI is InChI=1S/C40H39F3N6O4S2/c41-40(42,43)27-49(55(51,52)35-7-4-24-54-35)31-12-13-34-32(25-31)37-36(29-5-2-1-3-6-29)33(26-44-38(37)45-34)28-8-10-30(11-9-28)39(50)48-18-16-46(17-19-48)14-15-47-20-22-53-23-21-47/h1-13,24-26H,14-23,27H2,(H,44,45). The Morgan fingerprint density at radius 3 is 2.24 bits per heavy atom. The summed E-state index contributed by atoms with van der Waals surface area (Å²) in [4.78, 5) is 28.3. The average Bonchev–Trinajstić information content (AvgIpc) is 3.89. The Labute approximate surface area is 320 Å². The van der Waals surface area contributed by atoms with Gasteiger partial charge in [-0.25, -0.2) is 13.4 Å². The van der Waals surface area contributed by atoms with Crippen molar-refractivity contribution in [3.8, 4) is 22.3 Å². The van der Waals surface area contributed by atoms with Crippen molar-refractivity contribution in [2.75, 3.05) is 76.4 Å². The molecule has 2 aliphatic heterocycles. The summed E-state index contributed by atoms with van der Waals surface area (Å²) in [7, 11) is -4.52. The number of nitrogens with one attached hydrogen (secondary N) is 1. The van der Waals surface area contributed by atoms with E-state index in [1.165, 1.54) is 29.6 Å². The molecule has 0 spiro atoms. The monoisotopic (exact) mass is 788 g/mol. The van der Waals surface area contributed by atoms with E-state index in [1.54, 1.807) is 12.3 Å². The van der Waals surface area contributed by atoms with E-state index in [4.69, 9.17) is 9.72 Å². The van der Waals surface area contributed by atoms with Crippen LogP contribution in [0.15, 0.2) is 101 Å². The van der Waals surface area contributed by atoms with E-state index in [1.807, 2.05) is 59.5 Å². The third-order valence-electron chi connectivity index (χ3n) is 10.3. The molecule has 6 aromatic rings. The number of carbonyl (C=O) groups excluding carboxylic acids is 1. The fourth-order valence-corrected chi connectivity index (χ4v) is 9.92. The van der Waals surface area contributed by atoms with Gasteiger partial charge >= 0.3 is 6.18 Å². The Balaban J connectivity index is 1.11. The van der Waals surface area contributed by atoms with Crippen molar-refractivity contribution in [1.82, 2.24) is 24.7 Å². The van der Waals surface area contributed by atoms with E-state index in [0.29, 0.717) is 44.9 Å². The smallest absolute Gasteiger partial charge is 0.379 e. The summed E-state index contributed by atoms with van der Waals surface area (Å²) < 4.78 is 74.7. The number of nitrogens with zero attached hydrogens (tertiary/aromatic N) is 5. The molecule has 0 bridgehead atoms. The molecule has 1 N–H and O–H groups in total. The number of sulfonamides is 1. The molecule has 2 fully saturated rings. The number of amides is 1.